The SMILES string of the molecule is C=CC12OC3C(O)C4CC3C1C4C(=O)N2c1ccc(C)cc1. The van der Waals surface area contributed by atoms with Gasteiger partial charge in [0.05, 0.1) is 18.1 Å². The Morgan fingerprint density at radius 1 is 1.36 bits per heavy atom. The molecule has 2 saturated carbocycles. The minimum atomic E-state index is -0.779. The molecular weight excluding hydrogens is 278 g/mol. The van der Waals surface area contributed by atoms with Gasteiger partial charge in [-0.3, -0.25) is 9.69 Å². The molecule has 4 aliphatic rings. The summed E-state index contributed by atoms with van der Waals surface area (Å²) in [5, 5.41) is 10.4. The van der Waals surface area contributed by atoms with Gasteiger partial charge in [0.2, 0.25) is 5.91 Å². The molecule has 5 rings (SSSR count). The molecule has 2 heterocycles. The second-order valence-corrected chi connectivity index (χ2v) is 7.15. The van der Waals surface area contributed by atoms with Crippen LogP contribution in [0.2, 0.25) is 0 Å². The van der Waals surface area contributed by atoms with E-state index in [4.69, 9.17) is 4.74 Å². The van der Waals surface area contributed by atoms with Crippen LogP contribution in [0.1, 0.15) is 12.0 Å². The monoisotopic (exact) mass is 297 g/mol. The standard InChI is InChI=1S/C18H19NO3/c1-3-18-14-12-8-11(15(20)16(12)22-18)13(14)17(21)19(18)10-6-4-9(2)5-7-10/h3-7,11-16,20H,1,8H2,2H3. The Balaban J connectivity index is 1.68. The fraction of sp³-hybridized carbons (Fsp3) is 0.500. The summed E-state index contributed by atoms with van der Waals surface area (Å²) in [6.07, 6.45) is 2.04. The normalized spacial score (nSPS) is 47.5. The third-order valence-corrected chi connectivity index (χ3v) is 6.29. The molecule has 2 aliphatic heterocycles. The Labute approximate surface area is 129 Å². The first-order chi connectivity index (χ1) is 10.6. The fourth-order valence-electron chi connectivity index (χ4n) is 5.50. The van der Waals surface area contributed by atoms with Gasteiger partial charge in [-0.15, -0.1) is 0 Å². The van der Waals surface area contributed by atoms with E-state index in [2.05, 4.69) is 6.58 Å². The summed E-state index contributed by atoms with van der Waals surface area (Å²) in [5.41, 5.74) is 1.24. The van der Waals surface area contributed by atoms with E-state index in [1.54, 1.807) is 11.0 Å². The molecule has 22 heavy (non-hydrogen) atoms. The van der Waals surface area contributed by atoms with Crippen LogP contribution >= 0.6 is 0 Å². The van der Waals surface area contributed by atoms with Crippen LogP contribution in [0.3, 0.4) is 0 Å². The van der Waals surface area contributed by atoms with Crippen molar-refractivity contribution < 1.29 is 14.6 Å². The molecule has 2 bridgehead atoms. The topological polar surface area (TPSA) is 49.8 Å². The zero-order chi connectivity index (χ0) is 15.2. The van der Waals surface area contributed by atoms with Crippen LogP contribution in [0, 0.1) is 30.6 Å². The summed E-state index contributed by atoms with van der Waals surface area (Å²) in [4.78, 5) is 14.9. The highest BCUT2D eigenvalue weighted by Gasteiger charge is 2.77. The predicted molar refractivity (Wildman–Crippen MR) is 81.0 cm³/mol. The quantitative estimate of drug-likeness (QED) is 0.848. The number of carbonyl (C=O) groups excluding carboxylic acids is 1. The Kier molecular flexibility index (Phi) is 2.23. The molecule has 114 valence electrons. The van der Waals surface area contributed by atoms with E-state index in [1.165, 1.54) is 0 Å². The lowest BCUT2D eigenvalue weighted by atomic mass is 9.77. The average Bonchev–Trinajstić information content (AvgIpc) is 3.17. The van der Waals surface area contributed by atoms with Crippen molar-refractivity contribution >= 4 is 11.6 Å². The molecule has 4 heteroatoms. The van der Waals surface area contributed by atoms with Crippen LogP contribution in [0.5, 0.6) is 0 Å². The van der Waals surface area contributed by atoms with Gasteiger partial charge in [-0.25, -0.2) is 0 Å². The Hall–Kier alpha value is -1.65. The van der Waals surface area contributed by atoms with Gasteiger partial charge in [-0.2, -0.15) is 0 Å². The first-order valence-corrected chi connectivity index (χ1v) is 7.99. The molecule has 7 atom stereocenters. The van der Waals surface area contributed by atoms with Gasteiger partial charge in [0.1, 0.15) is 0 Å². The first kappa shape index (κ1) is 12.9. The molecule has 0 aromatic heterocycles. The first-order valence-electron chi connectivity index (χ1n) is 7.99. The van der Waals surface area contributed by atoms with Gasteiger partial charge in [0.15, 0.2) is 5.72 Å². The maximum atomic E-state index is 13.1. The molecular formula is C18H19NO3. The van der Waals surface area contributed by atoms with E-state index in [0.717, 1.165) is 17.7 Å². The summed E-state index contributed by atoms with van der Waals surface area (Å²) in [5.74, 6) is 0.417. The van der Waals surface area contributed by atoms with Crippen molar-refractivity contribution in [3.05, 3.63) is 42.5 Å². The fourth-order valence-corrected chi connectivity index (χ4v) is 5.50. The third kappa shape index (κ3) is 1.18. The maximum Gasteiger partial charge on any atom is 0.233 e. The molecule has 2 aliphatic carbocycles. The summed E-state index contributed by atoms with van der Waals surface area (Å²) >= 11 is 0. The number of benzene rings is 1. The minimum Gasteiger partial charge on any atom is -0.390 e. The number of rotatable bonds is 2. The largest absolute Gasteiger partial charge is 0.390 e. The third-order valence-electron chi connectivity index (χ3n) is 6.29. The van der Waals surface area contributed by atoms with E-state index < -0.39 is 11.8 Å². The maximum absolute atomic E-state index is 13.1. The Morgan fingerprint density at radius 3 is 2.77 bits per heavy atom. The number of anilines is 1. The van der Waals surface area contributed by atoms with Crippen molar-refractivity contribution in [1.29, 1.82) is 0 Å². The van der Waals surface area contributed by atoms with Crippen LogP contribution in [-0.4, -0.2) is 28.9 Å². The zero-order valence-electron chi connectivity index (χ0n) is 12.5. The Morgan fingerprint density at radius 2 is 2.09 bits per heavy atom. The van der Waals surface area contributed by atoms with Crippen molar-refractivity contribution in [3.63, 3.8) is 0 Å². The molecule has 1 aromatic rings. The van der Waals surface area contributed by atoms with E-state index in [-0.39, 0.29) is 35.7 Å². The molecule has 1 aromatic carbocycles. The number of aryl methyl sites for hydroxylation is 1. The van der Waals surface area contributed by atoms with Gasteiger partial charge in [0, 0.05) is 11.6 Å². The summed E-state index contributed by atoms with van der Waals surface area (Å²) in [6, 6.07) is 7.96. The van der Waals surface area contributed by atoms with Gasteiger partial charge in [-0.05, 0) is 43.4 Å². The molecule has 4 nitrogen and oxygen atoms in total. The van der Waals surface area contributed by atoms with Crippen LogP contribution in [-0.2, 0) is 9.53 Å². The van der Waals surface area contributed by atoms with E-state index in [1.807, 2.05) is 31.2 Å². The number of fused-ring (bicyclic) bond motifs is 2. The zero-order valence-corrected chi connectivity index (χ0v) is 12.5. The van der Waals surface area contributed by atoms with Crippen LogP contribution in [0.25, 0.3) is 0 Å². The number of carbonyl (C=O) groups is 1. The average molecular weight is 297 g/mol. The van der Waals surface area contributed by atoms with Crippen molar-refractivity contribution in [2.45, 2.75) is 31.3 Å². The lowest BCUT2D eigenvalue weighted by molar-refractivity contribution is -0.130. The minimum absolute atomic E-state index is 0.0461. The van der Waals surface area contributed by atoms with E-state index in [9.17, 15) is 9.90 Å². The smallest absolute Gasteiger partial charge is 0.233 e. The van der Waals surface area contributed by atoms with Crippen molar-refractivity contribution in [2.24, 2.45) is 23.7 Å². The lowest BCUT2D eigenvalue weighted by Gasteiger charge is -2.36. The Bertz CT molecular complexity index is 684. The molecule has 4 fully saturated rings. The molecule has 0 radical (unpaired) electrons. The van der Waals surface area contributed by atoms with Crippen LogP contribution in [0.4, 0.5) is 5.69 Å². The highest BCUT2D eigenvalue weighted by molar-refractivity contribution is 6.01. The number of aliphatic hydroxyl groups excluding tert-OH is 1. The highest BCUT2D eigenvalue weighted by Crippen LogP contribution is 2.68. The summed E-state index contributed by atoms with van der Waals surface area (Å²) < 4.78 is 6.28. The highest BCUT2D eigenvalue weighted by atomic mass is 16.6. The molecule has 0 spiro atoms. The summed E-state index contributed by atoms with van der Waals surface area (Å²) in [6.45, 7) is 6.01. The lowest BCUT2D eigenvalue weighted by Crippen LogP contribution is -2.50. The summed E-state index contributed by atoms with van der Waals surface area (Å²) in [7, 11) is 0. The number of amides is 1. The van der Waals surface area contributed by atoms with Gasteiger partial charge >= 0.3 is 0 Å². The second-order valence-electron chi connectivity index (χ2n) is 7.15. The van der Waals surface area contributed by atoms with Crippen molar-refractivity contribution in [1.82, 2.24) is 0 Å². The number of aliphatic hydroxyl groups is 1. The van der Waals surface area contributed by atoms with Gasteiger partial charge in [0.25, 0.3) is 0 Å². The number of ether oxygens (including phenoxy) is 1. The van der Waals surface area contributed by atoms with Crippen molar-refractivity contribution in [2.75, 3.05) is 4.90 Å². The van der Waals surface area contributed by atoms with Crippen molar-refractivity contribution in [3.8, 4) is 0 Å². The van der Waals surface area contributed by atoms with Gasteiger partial charge in [-0.1, -0.05) is 24.3 Å². The molecule has 7 unspecified atom stereocenters. The number of hydrogen-bond donors (Lipinski definition) is 1. The van der Waals surface area contributed by atoms with Crippen LogP contribution < -0.4 is 4.90 Å². The number of nitrogens with zero attached hydrogens (tertiary/aromatic N) is 1. The molecule has 1 amide bonds. The molecule has 1 N–H and O–H groups in total. The van der Waals surface area contributed by atoms with E-state index in [0.29, 0.717) is 0 Å². The van der Waals surface area contributed by atoms with Gasteiger partial charge < -0.3 is 9.84 Å². The predicted octanol–water partition coefficient (Wildman–Crippen LogP) is 1.87. The number of hydrogen-bond acceptors (Lipinski definition) is 3. The van der Waals surface area contributed by atoms with Crippen LogP contribution in [0.15, 0.2) is 36.9 Å². The van der Waals surface area contributed by atoms with E-state index >= 15 is 0 Å². The second kappa shape index (κ2) is 3.81. The molecule has 2 saturated heterocycles.